The van der Waals surface area contributed by atoms with Crippen molar-refractivity contribution in [2.45, 2.75) is 13.0 Å². The van der Waals surface area contributed by atoms with Crippen LogP contribution in [0.15, 0.2) is 63.8 Å². The summed E-state index contributed by atoms with van der Waals surface area (Å²) in [5, 5.41) is 0.370. The Morgan fingerprint density at radius 2 is 1.54 bits per heavy atom. The molecule has 0 fully saturated rings. The van der Waals surface area contributed by atoms with Crippen LogP contribution in [-0.2, 0) is 0 Å². The van der Waals surface area contributed by atoms with E-state index in [9.17, 15) is 14.0 Å². The first-order chi connectivity index (χ1) is 16.9. The Hall–Kier alpha value is -4.33. The molecule has 7 nitrogen and oxygen atoms in total. The van der Waals surface area contributed by atoms with Gasteiger partial charge in [-0.2, -0.15) is 0 Å². The third-order valence-corrected chi connectivity index (χ3v) is 6.13. The number of nitrogens with zero attached hydrogens (tertiary/aromatic N) is 1. The van der Waals surface area contributed by atoms with E-state index in [4.69, 9.17) is 18.6 Å². The summed E-state index contributed by atoms with van der Waals surface area (Å²) in [6.07, 6.45) is 0. The number of hydrogen-bond donors (Lipinski definition) is 0. The van der Waals surface area contributed by atoms with Crippen molar-refractivity contribution in [1.82, 2.24) is 0 Å². The van der Waals surface area contributed by atoms with Gasteiger partial charge in [0.2, 0.25) is 11.5 Å². The van der Waals surface area contributed by atoms with Crippen molar-refractivity contribution in [2.24, 2.45) is 0 Å². The van der Waals surface area contributed by atoms with E-state index >= 15 is 0 Å². The Balaban J connectivity index is 1.84. The van der Waals surface area contributed by atoms with Gasteiger partial charge in [-0.05, 0) is 61.0 Å². The van der Waals surface area contributed by atoms with Gasteiger partial charge in [-0.15, -0.1) is 0 Å². The summed E-state index contributed by atoms with van der Waals surface area (Å²) in [7, 11) is 4.46. The number of anilines is 1. The summed E-state index contributed by atoms with van der Waals surface area (Å²) in [6.45, 7) is 1.87. The molecule has 1 aliphatic rings. The Kier molecular flexibility index (Phi) is 5.43. The molecule has 0 saturated heterocycles. The van der Waals surface area contributed by atoms with E-state index in [1.54, 1.807) is 24.3 Å². The quantitative estimate of drug-likeness (QED) is 0.404. The highest BCUT2D eigenvalue weighted by atomic mass is 19.1. The summed E-state index contributed by atoms with van der Waals surface area (Å²) < 4.78 is 36.1. The highest BCUT2D eigenvalue weighted by Gasteiger charge is 2.44. The highest BCUT2D eigenvalue weighted by Crippen LogP contribution is 2.46. The van der Waals surface area contributed by atoms with Crippen LogP contribution in [0.25, 0.3) is 11.0 Å². The Morgan fingerprint density at radius 1 is 0.886 bits per heavy atom. The summed E-state index contributed by atoms with van der Waals surface area (Å²) in [5.74, 6) is 0.0838. The summed E-state index contributed by atoms with van der Waals surface area (Å²) >= 11 is 0. The molecule has 8 heteroatoms. The fraction of sp³-hybridized carbons (Fsp3) is 0.185. The number of carbonyl (C=O) groups is 1. The molecule has 4 aromatic rings. The predicted octanol–water partition coefficient (Wildman–Crippen LogP) is 5.02. The first-order valence-corrected chi connectivity index (χ1v) is 10.8. The lowest BCUT2D eigenvalue weighted by molar-refractivity contribution is 0.0971. The number of amides is 1. The molecule has 1 atom stereocenters. The Morgan fingerprint density at radius 3 is 2.14 bits per heavy atom. The zero-order chi connectivity index (χ0) is 24.9. The molecule has 0 radical (unpaired) electrons. The van der Waals surface area contributed by atoms with Gasteiger partial charge in [0.25, 0.3) is 5.91 Å². The van der Waals surface area contributed by atoms with Crippen molar-refractivity contribution >= 4 is 22.6 Å². The second-order valence-electron chi connectivity index (χ2n) is 8.19. The van der Waals surface area contributed by atoms with Gasteiger partial charge in [-0.25, -0.2) is 4.39 Å². The number of aryl methyl sites for hydroxylation is 1. The van der Waals surface area contributed by atoms with Gasteiger partial charge in [-0.3, -0.25) is 14.5 Å². The fourth-order valence-corrected chi connectivity index (χ4v) is 4.53. The lowest BCUT2D eigenvalue weighted by Crippen LogP contribution is -2.29. The van der Waals surface area contributed by atoms with Crippen LogP contribution in [-0.4, -0.2) is 27.2 Å². The van der Waals surface area contributed by atoms with Crippen LogP contribution in [0.2, 0.25) is 0 Å². The second-order valence-corrected chi connectivity index (χ2v) is 8.19. The zero-order valence-corrected chi connectivity index (χ0v) is 19.5. The summed E-state index contributed by atoms with van der Waals surface area (Å²) in [4.78, 5) is 28.9. The average Bonchev–Trinajstić information content (AvgIpc) is 3.16. The second kappa shape index (κ2) is 8.47. The van der Waals surface area contributed by atoms with Crippen molar-refractivity contribution < 1.29 is 27.8 Å². The van der Waals surface area contributed by atoms with Crippen LogP contribution in [0, 0.1) is 12.7 Å². The Labute approximate surface area is 200 Å². The highest BCUT2D eigenvalue weighted by molar-refractivity contribution is 6.10. The maximum absolute atomic E-state index is 13.8. The molecule has 5 rings (SSSR count). The van der Waals surface area contributed by atoms with Crippen LogP contribution in [0.4, 0.5) is 10.1 Å². The third kappa shape index (κ3) is 3.49. The molecule has 178 valence electrons. The van der Waals surface area contributed by atoms with Gasteiger partial charge in [0.1, 0.15) is 11.4 Å². The molecule has 0 saturated carbocycles. The SMILES string of the molecule is COc1cc(C2c3c(oc4ccc(C)cc4c3=O)C(=O)N2c2ccc(F)cc2)cc(OC)c1OC. The summed E-state index contributed by atoms with van der Waals surface area (Å²) in [5.41, 5.74) is 2.01. The van der Waals surface area contributed by atoms with Gasteiger partial charge in [0.05, 0.1) is 38.3 Å². The first-order valence-electron chi connectivity index (χ1n) is 10.8. The number of hydrogen-bond acceptors (Lipinski definition) is 6. The van der Waals surface area contributed by atoms with Gasteiger partial charge < -0.3 is 18.6 Å². The van der Waals surface area contributed by atoms with Gasteiger partial charge in [0.15, 0.2) is 16.9 Å². The normalized spacial score (nSPS) is 14.8. The molecular formula is C27H22FNO6. The van der Waals surface area contributed by atoms with Gasteiger partial charge in [-0.1, -0.05) is 11.6 Å². The minimum absolute atomic E-state index is 0.0607. The molecule has 1 aromatic heterocycles. The molecule has 35 heavy (non-hydrogen) atoms. The number of halogens is 1. The minimum atomic E-state index is -0.877. The molecule has 1 aliphatic heterocycles. The van der Waals surface area contributed by atoms with E-state index in [2.05, 4.69) is 0 Å². The van der Waals surface area contributed by atoms with Crippen molar-refractivity contribution in [3.05, 3.63) is 93.1 Å². The molecule has 0 aliphatic carbocycles. The number of fused-ring (bicyclic) bond motifs is 2. The van der Waals surface area contributed by atoms with Crippen LogP contribution >= 0.6 is 0 Å². The van der Waals surface area contributed by atoms with Crippen molar-refractivity contribution in [1.29, 1.82) is 0 Å². The smallest absolute Gasteiger partial charge is 0.295 e. The van der Waals surface area contributed by atoms with Crippen LogP contribution in [0.3, 0.4) is 0 Å². The Bertz CT molecular complexity index is 1500. The molecule has 1 amide bonds. The molecule has 2 heterocycles. The number of rotatable bonds is 5. The lowest BCUT2D eigenvalue weighted by atomic mass is 9.97. The molecular weight excluding hydrogens is 453 g/mol. The largest absolute Gasteiger partial charge is 0.493 e. The molecule has 3 aromatic carbocycles. The van der Waals surface area contributed by atoms with Crippen molar-refractivity contribution in [2.75, 3.05) is 26.2 Å². The third-order valence-electron chi connectivity index (χ3n) is 6.13. The predicted molar refractivity (Wildman–Crippen MR) is 128 cm³/mol. The maximum atomic E-state index is 13.8. The standard InChI is InChI=1S/C27H22FNO6/c1-14-5-10-19-18(11-14)24(30)22-23(15-12-20(32-2)25(34-4)21(13-15)33-3)29(27(31)26(22)35-19)17-8-6-16(28)7-9-17/h5-13,23H,1-4H3. The molecule has 1 unspecified atom stereocenters. The average molecular weight is 475 g/mol. The fourth-order valence-electron chi connectivity index (χ4n) is 4.53. The van der Waals surface area contributed by atoms with E-state index in [1.807, 2.05) is 13.0 Å². The minimum Gasteiger partial charge on any atom is -0.493 e. The van der Waals surface area contributed by atoms with E-state index in [0.717, 1.165) is 5.56 Å². The summed E-state index contributed by atoms with van der Waals surface area (Å²) in [6, 6.07) is 13.2. The van der Waals surface area contributed by atoms with Crippen LogP contribution in [0.5, 0.6) is 17.2 Å². The van der Waals surface area contributed by atoms with Crippen LogP contribution in [0.1, 0.15) is 33.3 Å². The van der Waals surface area contributed by atoms with Crippen molar-refractivity contribution in [3.8, 4) is 17.2 Å². The lowest BCUT2D eigenvalue weighted by Gasteiger charge is -2.26. The zero-order valence-electron chi connectivity index (χ0n) is 19.5. The van der Waals surface area contributed by atoms with E-state index in [-0.39, 0.29) is 16.8 Å². The number of carbonyl (C=O) groups excluding carboxylic acids is 1. The molecule has 0 N–H and O–H groups in total. The van der Waals surface area contributed by atoms with E-state index < -0.39 is 17.8 Å². The van der Waals surface area contributed by atoms with Crippen LogP contribution < -0.4 is 24.5 Å². The number of benzene rings is 3. The molecule has 0 bridgehead atoms. The first kappa shape index (κ1) is 22.5. The van der Waals surface area contributed by atoms with Crippen molar-refractivity contribution in [3.63, 3.8) is 0 Å². The van der Waals surface area contributed by atoms with E-state index in [0.29, 0.717) is 39.5 Å². The molecule has 0 spiro atoms. The number of methoxy groups -OCH3 is 3. The van der Waals surface area contributed by atoms with Gasteiger partial charge >= 0.3 is 0 Å². The maximum Gasteiger partial charge on any atom is 0.295 e. The monoisotopic (exact) mass is 475 g/mol. The van der Waals surface area contributed by atoms with Gasteiger partial charge in [0, 0.05) is 5.69 Å². The number of ether oxygens (including phenoxy) is 3. The topological polar surface area (TPSA) is 78.2 Å². The van der Waals surface area contributed by atoms with E-state index in [1.165, 1.54) is 50.5 Å².